The fraction of sp³-hybridized carbons (Fsp3) is 0.613. The SMILES string of the molecule is COc1ccc(C2CCN(CC(F)(F)F)CC2)c(O[C@H]2CC[C@H](Oc3cc(C(CC(=O)O)C4CC4)ccn3)CC2)c1. The molecule has 2 aromatic rings. The Bertz CT molecular complexity index is 1170. The van der Waals surface area contributed by atoms with Gasteiger partial charge >= 0.3 is 12.1 Å². The number of likely N-dealkylation sites (tertiary alicyclic amines) is 1. The van der Waals surface area contributed by atoms with Crippen LogP contribution in [0.25, 0.3) is 0 Å². The number of nitrogens with zero attached hydrogens (tertiary/aromatic N) is 2. The molecule has 3 aliphatic rings. The molecule has 1 saturated heterocycles. The van der Waals surface area contributed by atoms with Crippen LogP contribution in [0.3, 0.4) is 0 Å². The molecule has 1 atom stereocenters. The monoisotopic (exact) mass is 576 g/mol. The van der Waals surface area contributed by atoms with Crippen LogP contribution in [0.15, 0.2) is 36.5 Å². The maximum atomic E-state index is 12.8. The van der Waals surface area contributed by atoms with Crippen molar-refractivity contribution in [1.82, 2.24) is 9.88 Å². The Hall–Kier alpha value is -3.01. The van der Waals surface area contributed by atoms with E-state index < -0.39 is 18.7 Å². The minimum Gasteiger partial charge on any atom is -0.497 e. The van der Waals surface area contributed by atoms with E-state index in [0.29, 0.717) is 43.5 Å². The van der Waals surface area contributed by atoms with Crippen molar-refractivity contribution in [3.63, 3.8) is 0 Å². The van der Waals surface area contributed by atoms with Gasteiger partial charge in [0.05, 0.1) is 26.2 Å². The van der Waals surface area contributed by atoms with Crippen molar-refractivity contribution in [2.24, 2.45) is 5.92 Å². The van der Waals surface area contributed by atoms with Crippen molar-refractivity contribution in [1.29, 1.82) is 0 Å². The van der Waals surface area contributed by atoms with Crippen LogP contribution in [-0.4, -0.2) is 66.1 Å². The van der Waals surface area contributed by atoms with Crippen LogP contribution < -0.4 is 14.2 Å². The van der Waals surface area contributed by atoms with Crippen molar-refractivity contribution in [3.05, 3.63) is 47.7 Å². The van der Waals surface area contributed by atoms with Gasteiger partial charge in [-0.3, -0.25) is 9.69 Å². The lowest BCUT2D eigenvalue weighted by Gasteiger charge is -2.34. The lowest BCUT2D eigenvalue weighted by molar-refractivity contribution is -0.148. The van der Waals surface area contributed by atoms with Gasteiger partial charge in [-0.05, 0) is 105 Å². The fourth-order valence-corrected chi connectivity index (χ4v) is 6.32. The molecular formula is C31H39F3N2O5. The van der Waals surface area contributed by atoms with Gasteiger partial charge in [0, 0.05) is 18.3 Å². The van der Waals surface area contributed by atoms with E-state index in [2.05, 4.69) is 4.98 Å². The number of ether oxygens (including phenoxy) is 3. The molecule has 7 nitrogen and oxygen atoms in total. The normalized spacial score (nSPS) is 23.1. The Morgan fingerprint density at radius 3 is 2.29 bits per heavy atom. The highest BCUT2D eigenvalue weighted by Crippen LogP contribution is 2.45. The number of aromatic nitrogens is 1. The molecule has 0 bridgehead atoms. The highest BCUT2D eigenvalue weighted by Gasteiger charge is 2.35. The number of benzene rings is 1. The number of piperidine rings is 1. The van der Waals surface area contributed by atoms with Crippen LogP contribution in [0.2, 0.25) is 0 Å². The quantitative estimate of drug-likeness (QED) is 0.324. The van der Waals surface area contributed by atoms with Crippen LogP contribution >= 0.6 is 0 Å². The van der Waals surface area contributed by atoms with E-state index >= 15 is 0 Å². The van der Waals surface area contributed by atoms with E-state index in [9.17, 15) is 23.1 Å². The number of aliphatic carboxylic acids is 1. The summed E-state index contributed by atoms with van der Waals surface area (Å²) in [6.45, 7) is -0.0453. The summed E-state index contributed by atoms with van der Waals surface area (Å²) in [4.78, 5) is 17.2. The molecule has 2 aliphatic carbocycles. The standard InChI is InChI=1S/C31H39F3N2O5/c1-39-25-8-9-26(21-11-14-36(15-12-21)19-31(32,33)34)28(17-25)40-23-4-6-24(7-5-23)41-29-16-22(10-13-35-29)27(18-30(37)38)20-2-3-20/h8-10,13,16-17,20-21,23-24,27H,2-7,11-12,14-15,18-19H2,1H3,(H,37,38)/t23-,24-,27?. The molecule has 224 valence electrons. The molecule has 2 saturated carbocycles. The maximum absolute atomic E-state index is 12.8. The second-order valence-corrected chi connectivity index (χ2v) is 11.7. The Kier molecular flexibility index (Phi) is 9.26. The molecule has 5 rings (SSSR count). The van der Waals surface area contributed by atoms with Gasteiger partial charge in [-0.1, -0.05) is 6.07 Å². The molecule has 41 heavy (non-hydrogen) atoms. The summed E-state index contributed by atoms with van der Waals surface area (Å²) in [7, 11) is 1.61. The van der Waals surface area contributed by atoms with Crippen LogP contribution in [0.5, 0.6) is 17.4 Å². The zero-order valence-electron chi connectivity index (χ0n) is 23.4. The molecule has 2 heterocycles. The third-order valence-electron chi connectivity index (χ3n) is 8.63. The number of pyridine rings is 1. The van der Waals surface area contributed by atoms with Crippen LogP contribution in [0.4, 0.5) is 13.2 Å². The summed E-state index contributed by atoms with van der Waals surface area (Å²) in [5.41, 5.74) is 2.01. The minimum absolute atomic E-state index is 0.000122. The van der Waals surface area contributed by atoms with Crippen LogP contribution in [-0.2, 0) is 4.79 Å². The predicted octanol–water partition coefficient (Wildman–Crippen LogP) is 6.57. The average molecular weight is 577 g/mol. The van der Waals surface area contributed by atoms with Crippen molar-refractivity contribution >= 4 is 5.97 Å². The average Bonchev–Trinajstić information content (AvgIpc) is 3.78. The van der Waals surface area contributed by atoms with E-state index in [1.54, 1.807) is 13.3 Å². The molecule has 0 radical (unpaired) electrons. The van der Waals surface area contributed by atoms with Crippen molar-refractivity contribution in [2.45, 2.75) is 88.0 Å². The Morgan fingerprint density at radius 1 is 1.00 bits per heavy atom. The smallest absolute Gasteiger partial charge is 0.401 e. The first-order valence-corrected chi connectivity index (χ1v) is 14.6. The molecule has 1 aromatic heterocycles. The third kappa shape index (κ3) is 8.27. The van der Waals surface area contributed by atoms with E-state index in [0.717, 1.165) is 55.4 Å². The number of hydrogen-bond donors (Lipinski definition) is 1. The van der Waals surface area contributed by atoms with Gasteiger partial charge in [0.2, 0.25) is 5.88 Å². The number of carboxylic acids is 1. The van der Waals surface area contributed by atoms with E-state index in [4.69, 9.17) is 14.2 Å². The van der Waals surface area contributed by atoms with E-state index in [1.807, 2.05) is 30.3 Å². The second kappa shape index (κ2) is 12.9. The number of rotatable bonds is 11. The van der Waals surface area contributed by atoms with Crippen molar-refractivity contribution in [2.75, 3.05) is 26.7 Å². The van der Waals surface area contributed by atoms with Crippen molar-refractivity contribution in [3.8, 4) is 17.4 Å². The lowest BCUT2D eigenvalue weighted by Crippen LogP contribution is -2.39. The number of carbonyl (C=O) groups is 1. The third-order valence-corrected chi connectivity index (χ3v) is 8.63. The molecule has 1 aromatic carbocycles. The molecule has 0 amide bonds. The topological polar surface area (TPSA) is 81.1 Å². The molecule has 1 aliphatic heterocycles. The van der Waals surface area contributed by atoms with Gasteiger partial charge in [-0.25, -0.2) is 4.98 Å². The number of hydrogen-bond acceptors (Lipinski definition) is 6. The number of halogens is 3. The molecule has 1 N–H and O–H groups in total. The largest absolute Gasteiger partial charge is 0.497 e. The molecule has 10 heteroatoms. The number of methoxy groups -OCH3 is 1. The van der Waals surface area contributed by atoms with Gasteiger partial charge in [-0.2, -0.15) is 13.2 Å². The zero-order chi connectivity index (χ0) is 29.0. The number of carboxylic acid groups (broad SMARTS) is 1. The minimum atomic E-state index is -4.18. The summed E-state index contributed by atoms with van der Waals surface area (Å²) in [6.07, 6.45) is 4.27. The first-order valence-electron chi connectivity index (χ1n) is 14.6. The van der Waals surface area contributed by atoms with Crippen LogP contribution in [0.1, 0.15) is 80.8 Å². The Balaban J connectivity index is 1.17. The van der Waals surface area contributed by atoms with Crippen molar-refractivity contribution < 1.29 is 37.3 Å². The maximum Gasteiger partial charge on any atom is 0.401 e. The molecule has 1 unspecified atom stereocenters. The Labute approximate surface area is 239 Å². The first kappa shape index (κ1) is 29.5. The van der Waals surface area contributed by atoms with Gasteiger partial charge in [0.15, 0.2) is 0 Å². The van der Waals surface area contributed by atoms with Gasteiger partial charge in [0.1, 0.15) is 17.6 Å². The van der Waals surface area contributed by atoms with E-state index in [1.165, 1.54) is 4.90 Å². The summed E-state index contributed by atoms with van der Waals surface area (Å²) in [5, 5.41) is 9.35. The molecular weight excluding hydrogens is 537 g/mol. The number of alkyl halides is 3. The second-order valence-electron chi connectivity index (χ2n) is 11.7. The summed E-state index contributed by atoms with van der Waals surface area (Å²) < 4.78 is 56.7. The predicted molar refractivity (Wildman–Crippen MR) is 147 cm³/mol. The summed E-state index contributed by atoms with van der Waals surface area (Å²) >= 11 is 0. The zero-order valence-corrected chi connectivity index (χ0v) is 23.4. The lowest BCUT2D eigenvalue weighted by atomic mass is 9.88. The van der Waals surface area contributed by atoms with E-state index in [-0.39, 0.29) is 30.5 Å². The van der Waals surface area contributed by atoms with Gasteiger partial charge in [-0.15, -0.1) is 0 Å². The molecule has 3 fully saturated rings. The Morgan fingerprint density at radius 2 is 1.68 bits per heavy atom. The highest BCUT2D eigenvalue weighted by atomic mass is 19.4. The summed E-state index contributed by atoms with van der Waals surface area (Å²) in [6, 6.07) is 9.57. The molecule has 0 spiro atoms. The summed E-state index contributed by atoms with van der Waals surface area (Å²) in [5.74, 6) is 1.74. The van der Waals surface area contributed by atoms with Crippen LogP contribution in [0, 0.1) is 5.92 Å². The van der Waals surface area contributed by atoms with Gasteiger partial charge in [0.25, 0.3) is 0 Å². The van der Waals surface area contributed by atoms with Gasteiger partial charge < -0.3 is 19.3 Å². The highest BCUT2D eigenvalue weighted by molar-refractivity contribution is 5.68. The fourth-order valence-electron chi connectivity index (χ4n) is 6.32. The first-order chi connectivity index (χ1) is 19.7.